The number of nitrogens with zero attached hydrogens (tertiary/aromatic N) is 1. The lowest BCUT2D eigenvalue weighted by molar-refractivity contribution is 0.120. The van der Waals surface area contributed by atoms with E-state index in [1.807, 2.05) is 0 Å². The molecule has 2 fully saturated rings. The molecule has 3 nitrogen and oxygen atoms in total. The van der Waals surface area contributed by atoms with Gasteiger partial charge in [-0.1, -0.05) is 20.3 Å². The summed E-state index contributed by atoms with van der Waals surface area (Å²) in [7, 11) is 0. The Kier molecular flexibility index (Phi) is 4.83. The van der Waals surface area contributed by atoms with E-state index in [2.05, 4.69) is 24.1 Å². The minimum atomic E-state index is 0.333. The summed E-state index contributed by atoms with van der Waals surface area (Å²) in [5.41, 5.74) is 0. The van der Waals surface area contributed by atoms with Gasteiger partial charge in [-0.2, -0.15) is 0 Å². The van der Waals surface area contributed by atoms with Crippen molar-refractivity contribution >= 4 is 0 Å². The molecule has 0 aromatic rings. The van der Waals surface area contributed by atoms with Crippen LogP contribution in [0, 0.1) is 11.8 Å². The van der Waals surface area contributed by atoms with E-state index >= 15 is 0 Å². The highest BCUT2D eigenvalue weighted by Gasteiger charge is 2.35. The summed E-state index contributed by atoms with van der Waals surface area (Å²) in [6, 6.07) is 1.13. The van der Waals surface area contributed by atoms with Gasteiger partial charge in [0.2, 0.25) is 0 Å². The summed E-state index contributed by atoms with van der Waals surface area (Å²) in [4.78, 5) is 2.53. The van der Waals surface area contributed by atoms with Crippen LogP contribution in [-0.2, 0) is 0 Å². The first kappa shape index (κ1) is 13.3. The fourth-order valence-corrected chi connectivity index (χ4v) is 3.70. The zero-order valence-corrected chi connectivity index (χ0v) is 11.4. The molecule has 1 heterocycles. The summed E-state index contributed by atoms with van der Waals surface area (Å²) in [6.07, 6.45) is 5.33. The lowest BCUT2D eigenvalue weighted by Crippen LogP contribution is -2.43. The lowest BCUT2D eigenvalue weighted by Gasteiger charge is -2.30. The van der Waals surface area contributed by atoms with Gasteiger partial charge in [0.1, 0.15) is 0 Å². The van der Waals surface area contributed by atoms with Crippen molar-refractivity contribution in [2.24, 2.45) is 11.8 Å². The number of hydrogen-bond donors (Lipinski definition) is 2. The lowest BCUT2D eigenvalue weighted by atomic mass is 10.0. The Morgan fingerprint density at radius 3 is 2.82 bits per heavy atom. The van der Waals surface area contributed by atoms with E-state index < -0.39 is 0 Å². The minimum Gasteiger partial charge on any atom is -0.395 e. The minimum absolute atomic E-state index is 0.333. The standard InChI is InChI=1S/C14H28N2O/c1-3-15-13-6-4-5-12(13)9-16-8-7-11(2)14(16)10-17/h11-15,17H,3-10H2,1-2H3. The Bertz CT molecular complexity index is 234. The van der Waals surface area contributed by atoms with Crippen molar-refractivity contribution in [3.63, 3.8) is 0 Å². The van der Waals surface area contributed by atoms with Crippen LogP contribution >= 0.6 is 0 Å². The molecular formula is C14H28N2O. The predicted octanol–water partition coefficient (Wildman–Crippen LogP) is 1.47. The van der Waals surface area contributed by atoms with E-state index in [1.54, 1.807) is 0 Å². The van der Waals surface area contributed by atoms with E-state index in [-0.39, 0.29) is 0 Å². The molecule has 0 radical (unpaired) electrons. The summed E-state index contributed by atoms with van der Waals surface area (Å²) in [5, 5.41) is 13.1. The van der Waals surface area contributed by atoms with Crippen LogP contribution in [0.15, 0.2) is 0 Å². The number of hydrogen-bond acceptors (Lipinski definition) is 3. The van der Waals surface area contributed by atoms with Crippen LogP contribution in [0.2, 0.25) is 0 Å². The first-order valence-corrected chi connectivity index (χ1v) is 7.34. The molecule has 100 valence electrons. The SMILES string of the molecule is CCNC1CCCC1CN1CCC(C)C1CO. The van der Waals surface area contributed by atoms with Gasteiger partial charge in [-0.25, -0.2) is 0 Å². The monoisotopic (exact) mass is 240 g/mol. The maximum absolute atomic E-state index is 9.49. The first-order valence-electron chi connectivity index (χ1n) is 7.34. The number of likely N-dealkylation sites (tertiary alicyclic amines) is 1. The first-order chi connectivity index (χ1) is 8.26. The molecule has 1 aliphatic heterocycles. The average Bonchev–Trinajstić information content (AvgIpc) is 2.88. The third-order valence-corrected chi connectivity index (χ3v) is 4.78. The predicted molar refractivity (Wildman–Crippen MR) is 71.0 cm³/mol. The Morgan fingerprint density at radius 1 is 1.29 bits per heavy atom. The molecule has 4 atom stereocenters. The Labute approximate surface area is 106 Å². The van der Waals surface area contributed by atoms with Gasteiger partial charge < -0.3 is 10.4 Å². The molecular weight excluding hydrogens is 212 g/mol. The molecule has 1 saturated carbocycles. The molecule has 2 aliphatic rings. The summed E-state index contributed by atoms with van der Waals surface area (Å²) >= 11 is 0. The normalized spacial score (nSPS) is 39.0. The van der Waals surface area contributed by atoms with E-state index in [0.717, 1.165) is 18.5 Å². The molecule has 1 aliphatic carbocycles. The number of rotatable bonds is 5. The third kappa shape index (κ3) is 3.01. The largest absolute Gasteiger partial charge is 0.395 e. The second-order valence-electron chi connectivity index (χ2n) is 5.87. The fourth-order valence-electron chi connectivity index (χ4n) is 3.70. The quantitative estimate of drug-likeness (QED) is 0.764. The van der Waals surface area contributed by atoms with Crippen molar-refractivity contribution in [1.29, 1.82) is 0 Å². The summed E-state index contributed by atoms with van der Waals surface area (Å²) in [5.74, 6) is 1.47. The highest BCUT2D eigenvalue weighted by Crippen LogP contribution is 2.30. The van der Waals surface area contributed by atoms with Crippen LogP contribution in [0.3, 0.4) is 0 Å². The molecule has 4 unspecified atom stereocenters. The van der Waals surface area contributed by atoms with Crippen LogP contribution < -0.4 is 5.32 Å². The fraction of sp³-hybridized carbons (Fsp3) is 1.00. The van der Waals surface area contributed by atoms with Gasteiger partial charge in [-0.15, -0.1) is 0 Å². The van der Waals surface area contributed by atoms with Crippen LogP contribution in [-0.4, -0.2) is 48.3 Å². The van der Waals surface area contributed by atoms with Crippen molar-refractivity contribution in [2.75, 3.05) is 26.2 Å². The van der Waals surface area contributed by atoms with Gasteiger partial charge in [0.05, 0.1) is 6.61 Å². The third-order valence-electron chi connectivity index (χ3n) is 4.78. The number of aliphatic hydroxyl groups excluding tert-OH is 1. The Balaban J connectivity index is 1.87. The molecule has 3 heteroatoms. The number of nitrogens with one attached hydrogen (secondary N) is 1. The molecule has 0 aromatic heterocycles. The van der Waals surface area contributed by atoms with Crippen molar-refractivity contribution in [3.8, 4) is 0 Å². The topological polar surface area (TPSA) is 35.5 Å². The molecule has 2 rings (SSSR count). The molecule has 0 aromatic carbocycles. The van der Waals surface area contributed by atoms with Gasteiger partial charge in [0.25, 0.3) is 0 Å². The highest BCUT2D eigenvalue weighted by molar-refractivity contribution is 4.90. The van der Waals surface area contributed by atoms with Gasteiger partial charge in [-0.05, 0) is 44.2 Å². The van der Waals surface area contributed by atoms with Crippen molar-refractivity contribution < 1.29 is 5.11 Å². The maximum Gasteiger partial charge on any atom is 0.0589 e. The Hall–Kier alpha value is -0.120. The molecule has 1 saturated heterocycles. The zero-order chi connectivity index (χ0) is 12.3. The second-order valence-corrected chi connectivity index (χ2v) is 5.87. The summed E-state index contributed by atoms with van der Waals surface area (Å²) < 4.78 is 0. The number of aliphatic hydroxyl groups is 1. The van der Waals surface area contributed by atoms with Gasteiger partial charge in [0, 0.05) is 18.6 Å². The average molecular weight is 240 g/mol. The van der Waals surface area contributed by atoms with Crippen LogP contribution in [0.25, 0.3) is 0 Å². The molecule has 0 bridgehead atoms. The van der Waals surface area contributed by atoms with E-state index in [9.17, 15) is 5.11 Å². The molecule has 2 N–H and O–H groups in total. The van der Waals surface area contributed by atoms with Gasteiger partial charge >= 0.3 is 0 Å². The molecule has 0 spiro atoms. The van der Waals surface area contributed by atoms with Crippen molar-refractivity contribution in [3.05, 3.63) is 0 Å². The van der Waals surface area contributed by atoms with E-state index in [1.165, 1.54) is 38.8 Å². The maximum atomic E-state index is 9.49. The zero-order valence-electron chi connectivity index (χ0n) is 11.4. The van der Waals surface area contributed by atoms with Crippen LogP contribution in [0.4, 0.5) is 0 Å². The van der Waals surface area contributed by atoms with Crippen LogP contribution in [0.5, 0.6) is 0 Å². The van der Waals surface area contributed by atoms with Crippen molar-refractivity contribution in [1.82, 2.24) is 10.2 Å². The molecule has 0 amide bonds. The van der Waals surface area contributed by atoms with Crippen molar-refractivity contribution in [2.45, 2.75) is 51.6 Å². The van der Waals surface area contributed by atoms with Gasteiger partial charge in [-0.3, -0.25) is 4.90 Å². The smallest absolute Gasteiger partial charge is 0.0589 e. The second kappa shape index (κ2) is 6.17. The molecule has 17 heavy (non-hydrogen) atoms. The van der Waals surface area contributed by atoms with E-state index in [0.29, 0.717) is 18.6 Å². The van der Waals surface area contributed by atoms with Crippen LogP contribution in [0.1, 0.15) is 39.5 Å². The Morgan fingerprint density at radius 2 is 2.12 bits per heavy atom. The van der Waals surface area contributed by atoms with Gasteiger partial charge in [0.15, 0.2) is 0 Å². The highest BCUT2D eigenvalue weighted by atomic mass is 16.3. The van der Waals surface area contributed by atoms with E-state index in [4.69, 9.17) is 0 Å². The summed E-state index contributed by atoms with van der Waals surface area (Å²) in [6.45, 7) is 8.26.